The van der Waals surface area contributed by atoms with Crippen LogP contribution in [-0.2, 0) is 0 Å². The average molecular weight is 187 g/mol. The third-order valence-corrected chi connectivity index (χ3v) is 1.70. The Bertz CT molecular complexity index is 206. The van der Waals surface area contributed by atoms with E-state index in [1.807, 2.05) is 24.4 Å². The van der Waals surface area contributed by atoms with Crippen molar-refractivity contribution in [1.29, 1.82) is 0 Å². The second-order valence-corrected chi connectivity index (χ2v) is 2.60. The van der Waals surface area contributed by atoms with E-state index in [1.165, 1.54) is 0 Å². The fourth-order valence-corrected chi connectivity index (χ4v) is 1.03. The average Bonchev–Trinajstić information content (AvgIpc) is 2.52. The number of nitrogens with one attached hydrogen (secondary N) is 1. The predicted molar refractivity (Wildman–Crippen MR) is 54.4 cm³/mol. The number of halogens is 1. The van der Waals surface area contributed by atoms with Crippen LogP contribution in [0.4, 0.5) is 0 Å². The summed E-state index contributed by atoms with van der Waals surface area (Å²) in [5, 5.41) is 0. The topological polar surface area (TPSA) is 41.8 Å². The molecule has 3 N–H and O–H groups in total. The highest BCUT2D eigenvalue weighted by molar-refractivity contribution is 5.85. The highest BCUT2D eigenvalue weighted by Crippen LogP contribution is 2.12. The summed E-state index contributed by atoms with van der Waals surface area (Å²) in [6.07, 6.45) is 5.72. The molecule has 0 aliphatic carbocycles. The van der Waals surface area contributed by atoms with Crippen LogP contribution in [0.5, 0.6) is 0 Å². The van der Waals surface area contributed by atoms with Crippen LogP contribution in [0.25, 0.3) is 0 Å². The van der Waals surface area contributed by atoms with Gasteiger partial charge in [0.1, 0.15) is 0 Å². The van der Waals surface area contributed by atoms with E-state index in [0.29, 0.717) is 0 Å². The van der Waals surface area contributed by atoms with Gasteiger partial charge in [-0.2, -0.15) is 0 Å². The highest BCUT2D eigenvalue weighted by Gasteiger charge is 2.03. The summed E-state index contributed by atoms with van der Waals surface area (Å²) in [4.78, 5) is 3.09. The zero-order valence-corrected chi connectivity index (χ0v) is 7.81. The maximum Gasteiger partial charge on any atom is 0.0450 e. The van der Waals surface area contributed by atoms with E-state index in [0.717, 1.165) is 18.5 Å². The fourth-order valence-electron chi connectivity index (χ4n) is 1.03. The van der Waals surface area contributed by atoms with Gasteiger partial charge in [-0.15, -0.1) is 19.0 Å². The van der Waals surface area contributed by atoms with Gasteiger partial charge in [0.15, 0.2) is 0 Å². The van der Waals surface area contributed by atoms with Gasteiger partial charge in [-0.05, 0) is 25.0 Å². The molecule has 0 aromatic carbocycles. The third kappa shape index (κ3) is 3.11. The molecule has 0 aliphatic rings. The zero-order chi connectivity index (χ0) is 8.10. The minimum Gasteiger partial charge on any atom is -0.364 e. The SMILES string of the molecule is C=CCC[C@H](N)c1ccc[nH]1.Cl. The van der Waals surface area contributed by atoms with Crippen LogP contribution in [0.2, 0.25) is 0 Å². The first kappa shape index (κ1) is 11.3. The Morgan fingerprint density at radius 2 is 2.42 bits per heavy atom. The van der Waals surface area contributed by atoms with E-state index in [4.69, 9.17) is 5.73 Å². The number of allylic oxidation sites excluding steroid dienone is 1. The Morgan fingerprint density at radius 3 is 2.92 bits per heavy atom. The van der Waals surface area contributed by atoms with Gasteiger partial charge in [0, 0.05) is 17.9 Å². The van der Waals surface area contributed by atoms with Crippen LogP contribution < -0.4 is 5.73 Å². The van der Waals surface area contributed by atoms with Crippen molar-refractivity contribution in [1.82, 2.24) is 4.98 Å². The maximum absolute atomic E-state index is 5.85. The van der Waals surface area contributed by atoms with Crippen LogP contribution in [0.1, 0.15) is 24.6 Å². The Morgan fingerprint density at radius 1 is 1.67 bits per heavy atom. The molecule has 1 heterocycles. The Kier molecular flexibility index (Phi) is 5.51. The summed E-state index contributed by atoms with van der Waals surface area (Å²) < 4.78 is 0. The maximum atomic E-state index is 5.85. The quantitative estimate of drug-likeness (QED) is 0.697. The van der Waals surface area contributed by atoms with Gasteiger partial charge < -0.3 is 10.7 Å². The standard InChI is InChI=1S/C9H14N2.ClH/c1-2-3-5-8(10)9-6-4-7-11-9;/h2,4,6-8,11H,1,3,5,10H2;1H/t8-;/m0./s1. The van der Waals surface area contributed by atoms with E-state index in [2.05, 4.69) is 11.6 Å². The minimum atomic E-state index is 0. The second-order valence-electron chi connectivity index (χ2n) is 2.60. The molecule has 0 saturated carbocycles. The van der Waals surface area contributed by atoms with Gasteiger partial charge in [-0.1, -0.05) is 6.08 Å². The van der Waals surface area contributed by atoms with Crippen molar-refractivity contribution in [2.75, 3.05) is 0 Å². The number of H-pyrrole nitrogens is 1. The van der Waals surface area contributed by atoms with Crippen LogP contribution in [0, 0.1) is 0 Å². The number of hydrogen-bond donors (Lipinski definition) is 2. The van der Waals surface area contributed by atoms with Crippen molar-refractivity contribution >= 4 is 12.4 Å². The van der Waals surface area contributed by atoms with Crippen LogP contribution in [-0.4, -0.2) is 4.98 Å². The molecule has 0 aliphatic heterocycles. The first-order valence-corrected chi connectivity index (χ1v) is 3.84. The minimum absolute atomic E-state index is 0. The van der Waals surface area contributed by atoms with Crippen LogP contribution in [0.3, 0.4) is 0 Å². The molecule has 0 bridgehead atoms. The zero-order valence-electron chi connectivity index (χ0n) is 6.99. The molecule has 2 nitrogen and oxygen atoms in total. The fraction of sp³-hybridized carbons (Fsp3) is 0.333. The van der Waals surface area contributed by atoms with Crippen molar-refractivity contribution < 1.29 is 0 Å². The highest BCUT2D eigenvalue weighted by atomic mass is 35.5. The van der Waals surface area contributed by atoms with Crippen molar-refractivity contribution in [2.24, 2.45) is 5.73 Å². The molecule has 0 unspecified atom stereocenters. The summed E-state index contributed by atoms with van der Waals surface area (Å²) >= 11 is 0. The Balaban J connectivity index is 0.00000121. The first-order chi connectivity index (χ1) is 5.34. The van der Waals surface area contributed by atoms with E-state index >= 15 is 0 Å². The van der Waals surface area contributed by atoms with Gasteiger partial charge in [-0.3, -0.25) is 0 Å². The predicted octanol–water partition coefficient (Wildman–Crippen LogP) is 2.40. The Labute approximate surface area is 79.3 Å². The van der Waals surface area contributed by atoms with Crippen LogP contribution >= 0.6 is 12.4 Å². The van der Waals surface area contributed by atoms with E-state index in [1.54, 1.807) is 0 Å². The van der Waals surface area contributed by atoms with Crippen molar-refractivity contribution in [3.05, 3.63) is 36.7 Å². The lowest BCUT2D eigenvalue weighted by Gasteiger charge is -2.06. The largest absolute Gasteiger partial charge is 0.364 e. The summed E-state index contributed by atoms with van der Waals surface area (Å²) in [7, 11) is 0. The van der Waals surface area contributed by atoms with Gasteiger partial charge >= 0.3 is 0 Å². The molecule has 0 fully saturated rings. The van der Waals surface area contributed by atoms with E-state index in [9.17, 15) is 0 Å². The summed E-state index contributed by atoms with van der Waals surface area (Å²) in [6.45, 7) is 3.65. The van der Waals surface area contributed by atoms with Crippen LogP contribution in [0.15, 0.2) is 31.0 Å². The van der Waals surface area contributed by atoms with Crippen molar-refractivity contribution in [2.45, 2.75) is 18.9 Å². The molecule has 0 radical (unpaired) electrons. The Hall–Kier alpha value is -0.730. The molecule has 1 aromatic rings. The molecule has 3 heteroatoms. The lowest BCUT2D eigenvalue weighted by molar-refractivity contribution is 0.646. The number of aromatic nitrogens is 1. The molecule has 1 rings (SSSR count). The molecule has 0 saturated heterocycles. The molecule has 1 atom stereocenters. The number of rotatable bonds is 4. The smallest absolute Gasteiger partial charge is 0.0450 e. The number of hydrogen-bond acceptors (Lipinski definition) is 1. The summed E-state index contributed by atoms with van der Waals surface area (Å²) in [5.41, 5.74) is 6.95. The molecule has 0 amide bonds. The normalized spacial score (nSPS) is 11.8. The van der Waals surface area contributed by atoms with Gasteiger partial charge in [-0.25, -0.2) is 0 Å². The molecule has 68 valence electrons. The lowest BCUT2D eigenvalue weighted by Crippen LogP contribution is -2.09. The molecule has 0 spiro atoms. The molecular weight excluding hydrogens is 172 g/mol. The lowest BCUT2D eigenvalue weighted by atomic mass is 10.1. The van der Waals surface area contributed by atoms with Crippen molar-refractivity contribution in [3.63, 3.8) is 0 Å². The van der Waals surface area contributed by atoms with Gasteiger partial charge in [0.25, 0.3) is 0 Å². The van der Waals surface area contributed by atoms with Gasteiger partial charge in [0.05, 0.1) is 0 Å². The van der Waals surface area contributed by atoms with E-state index < -0.39 is 0 Å². The number of aromatic amines is 1. The van der Waals surface area contributed by atoms with Gasteiger partial charge in [0.2, 0.25) is 0 Å². The first-order valence-electron chi connectivity index (χ1n) is 3.84. The summed E-state index contributed by atoms with van der Waals surface area (Å²) in [6, 6.07) is 4.10. The summed E-state index contributed by atoms with van der Waals surface area (Å²) in [5.74, 6) is 0. The third-order valence-electron chi connectivity index (χ3n) is 1.70. The molecule has 12 heavy (non-hydrogen) atoms. The molecule has 1 aromatic heterocycles. The second kappa shape index (κ2) is 5.86. The van der Waals surface area contributed by atoms with E-state index in [-0.39, 0.29) is 18.4 Å². The number of nitrogens with two attached hydrogens (primary N) is 1. The monoisotopic (exact) mass is 186 g/mol. The molecular formula is C9H15ClN2. The van der Waals surface area contributed by atoms with Crippen molar-refractivity contribution in [3.8, 4) is 0 Å².